The Balaban J connectivity index is 1.76. The summed E-state index contributed by atoms with van der Waals surface area (Å²) in [6.07, 6.45) is 3.18. The topological polar surface area (TPSA) is 80.1 Å². The summed E-state index contributed by atoms with van der Waals surface area (Å²) in [4.78, 5) is 31.1. The van der Waals surface area contributed by atoms with Gasteiger partial charge < -0.3 is 10.2 Å². The van der Waals surface area contributed by atoms with Crippen molar-refractivity contribution < 1.29 is 9.59 Å². The first kappa shape index (κ1) is 21.8. The van der Waals surface area contributed by atoms with Crippen LogP contribution in [0.25, 0.3) is 5.82 Å². The van der Waals surface area contributed by atoms with Gasteiger partial charge >= 0.3 is 0 Å². The summed E-state index contributed by atoms with van der Waals surface area (Å²) in [5, 5.41) is 7.80. The second-order valence-electron chi connectivity index (χ2n) is 7.04. The van der Waals surface area contributed by atoms with E-state index in [0.717, 1.165) is 5.69 Å². The number of hydrogen-bond donors (Lipinski definition) is 1. The van der Waals surface area contributed by atoms with E-state index in [4.69, 9.17) is 23.2 Å². The highest BCUT2D eigenvalue weighted by Crippen LogP contribution is 2.25. The number of nitrogens with zero attached hydrogens (tertiary/aromatic N) is 4. The molecule has 9 heteroatoms. The summed E-state index contributed by atoms with van der Waals surface area (Å²) >= 11 is 11.9. The molecule has 0 aliphatic rings. The number of hydrogen-bond acceptors (Lipinski definition) is 4. The molecule has 3 aromatic rings. The molecule has 2 heterocycles. The number of aromatic nitrogens is 3. The lowest BCUT2D eigenvalue weighted by molar-refractivity contribution is -0.116. The molecule has 0 radical (unpaired) electrons. The van der Waals surface area contributed by atoms with Gasteiger partial charge in [-0.05, 0) is 36.2 Å². The minimum absolute atomic E-state index is 0.0203. The van der Waals surface area contributed by atoms with Gasteiger partial charge in [-0.1, -0.05) is 43.1 Å². The van der Waals surface area contributed by atoms with E-state index in [1.54, 1.807) is 36.1 Å². The molecule has 0 aliphatic heterocycles. The molecule has 0 spiro atoms. The normalized spacial score (nSPS) is 10.9. The molecule has 0 saturated carbocycles. The summed E-state index contributed by atoms with van der Waals surface area (Å²) in [7, 11) is 1.57. The molecular formula is C21H21Cl2N5O2. The molecule has 1 aromatic carbocycles. The lowest BCUT2D eigenvalue weighted by Crippen LogP contribution is -2.35. The van der Waals surface area contributed by atoms with Crippen molar-refractivity contribution in [2.45, 2.75) is 19.8 Å². The van der Waals surface area contributed by atoms with E-state index < -0.39 is 0 Å². The fraction of sp³-hybridized carbons (Fsp3) is 0.238. The van der Waals surface area contributed by atoms with Crippen molar-refractivity contribution in [1.82, 2.24) is 19.7 Å². The third-order valence-electron chi connectivity index (χ3n) is 4.38. The summed E-state index contributed by atoms with van der Waals surface area (Å²) in [5.41, 5.74) is 1.66. The number of benzene rings is 1. The number of pyridine rings is 1. The molecule has 2 aromatic heterocycles. The molecule has 30 heavy (non-hydrogen) atoms. The second kappa shape index (κ2) is 9.28. The Hall–Kier alpha value is -2.90. The maximum atomic E-state index is 13.0. The Bertz CT molecular complexity index is 1070. The largest absolute Gasteiger partial charge is 0.332 e. The number of amides is 2. The van der Waals surface area contributed by atoms with Crippen LogP contribution in [0.1, 0.15) is 35.8 Å². The molecule has 2 amide bonds. The van der Waals surface area contributed by atoms with Crippen LogP contribution in [0.15, 0.2) is 48.8 Å². The monoisotopic (exact) mass is 445 g/mol. The van der Waals surface area contributed by atoms with E-state index >= 15 is 0 Å². The lowest BCUT2D eigenvalue weighted by Gasteiger charge is -2.18. The summed E-state index contributed by atoms with van der Waals surface area (Å²) in [5.74, 6) is -0.00946. The first-order valence-corrected chi connectivity index (χ1v) is 10.0. The summed E-state index contributed by atoms with van der Waals surface area (Å²) < 4.78 is 1.65. The number of rotatable bonds is 6. The first-order chi connectivity index (χ1) is 14.3. The molecule has 3 rings (SSSR count). The molecule has 0 saturated heterocycles. The highest BCUT2D eigenvalue weighted by molar-refractivity contribution is 6.42. The number of carbonyl (C=O) groups excluding carboxylic acids is 2. The van der Waals surface area contributed by atoms with Crippen LogP contribution in [0.3, 0.4) is 0 Å². The van der Waals surface area contributed by atoms with Gasteiger partial charge in [0, 0.05) is 18.9 Å². The molecule has 0 unspecified atom stereocenters. The minimum atomic E-state index is -0.354. The Morgan fingerprint density at radius 3 is 2.57 bits per heavy atom. The molecule has 0 atom stereocenters. The Morgan fingerprint density at radius 2 is 1.93 bits per heavy atom. The van der Waals surface area contributed by atoms with E-state index in [1.165, 1.54) is 11.1 Å². The zero-order valence-electron chi connectivity index (χ0n) is 16.8. The van der Waals surface area contributed by atoms with Crippen molar-refractivity contribution in [3.8, 4) is 5.82 Å². The van der Waals surface area contributed by atoms with Gasteiger partial charge in [-0.25, -0.2) is 9.67 Å². The van der Waals surface area contributed by atoms with E-state index in [0.29, 0.717) is 27.1 Å². The quantitative estimate of drug-likeness (QED) is 0.609. The smallest absolute Gasteiger partial charge is 0.257 e. The summed E-state index contributed by atoms with van der Waals surface area (Å²) in [6, 6.07) is 10.3. The highest BCUT2D eigenvalue weighted by Gasteiger charge is 2.24. The Labute approximate surface area is 184 Å². The molecule has 0 bridgehead atoms. The SMILES string of the molecule is CC(C)c1c(C(=O)N(C)CC(=O)Nc2ccc(Cl)c(Cl)c2)cnn1-c1ccccn1. The van der Waals surface area contributed by atoms with Gasteiger partial charge in [-0.3, -0.25) is 9.59 Å². The van der Waals surface area contributed by atoms with Gasteiger partial charge in [-0.15, -0.1) is 0 Å². The van der Waals surface area contributed by atoms with Crippen LogP contribution in [0.2, 0.25) is 10.0 Å². The van der Waals surface area contributed by atoms with Crippen LogP contribution in [0.4, 0.5) is 5.69 Å². The van der Waals surface area contributed by atoms with Crippen molar-refractivity contribution in [2.75, 3.05) is 18.9 Å². The number of anilines is 1. The predicted octanol–water partition coefficient (Wildman–Crippen LogP) is 4.41. The Morgan fingerprint density at radius 1 is 1.17 bits per heavy atom. The number of likely N-dealkylation sites (N-methyl/N-ethyl adjacent to an activating group) is 1. The van der Waals surface area contributed by atoms with Crippen LogP contribution in [-0.4, -0.2) is 45.1 Å². The van der Waals surface area contributed by atoms with Crippen molar-refractivity contribution in [3.63, 3.8) is 0 Å². The fourth-order valence-corrected chi connectivity index (χ4v) is 3.31. The highest BCUT2D eigenvalue weighted by atomic mass is 35.5. The van der Waals surface area contributed by atoms with Gasteiger partial charge in [0.2, 0.25) is 5.91 Å². The van der Waals surface area contributed by atoms with Gasteiger partial charge in [0.05, 0.1) is 34.0 Å². The van der Waals surface area contributed by atoms with Crippen molar-refractivity contribution in [2.24, 2.45) is 0 Å². The number of halogens is 2. The maximum Gasteiger partial charge on any atom is 0.257 e. The summed E-state index contributed by atoms with van der Waals surface area (Å²) in [6.45, 7) is 3.82. The van der Waals surface area contributed by atoms with Crippen LogP contribution in [0, 0.1) is 0 Å². The Kier molecular flexibility index (Phi) is 6.74. The van der Waals surface area contributed by atoms with Gasteiger partial charge in [0.15, 0.2) is 5.82 Å². The third-order valence-corrected chi connectivity index (χ3v) is 5.12. The van der Waals surface area contributed by atoms with E-state index in [2.05, 4.69) is 15.4 Å². The average molecular weight is 446 g/mol. The maximum absolute atomic E-state index is 13.0. The molecule has 1 N–H and O–H groups in total. The van der Waals surface area contributed by atoms with Crippen molar-refractivity contribution >= 4 is 40.7 Å². The van der Waals surface area contributed by atoms with Crippen molar-refractivity contribution in [1.29, 1.82) is 0 Å². The standard InChI is InChI=1S/C21H21Cl2N5O2/c1-13(2)20-15(11-25-28(20)18-6-4-5-9-24-18)21(30)27(3)12-19(29)26-14-7-8-16(22)17(23)10-14/h4-11,13H,12H2,1-3H3,(H,26,29). The molecule has 0 aliphatic carbocycles. The fourth-order valence-electron chi connectivity index (χ4n) is 3.01. The van der Waals surface area contributed by atoms with Crippen LogP contribution < -0.4 is 5.32 Å². The predicted molar refractivity (Wildman–Crippen MR) is 118 cm³/mol. The van der Waals surface area contributed by atoms with Gasteiger partial charge in [0.25, 0.3) is 5.91 Å². The number of carbonyl (C=O) groups is 2. The van der Waals surface area contributed by atoms with E-state index in [9.17, 15) is 9.59 Å². The lowest BCUT2D eigenvalue weighted by atomic mass is 10.0. The van der Waals surface area contributed by atoms with Crippen LogP contribution in [0.5, 0.6) is 0 Å². The van der Waals surface area contributed by atoms with Gasteiger partial charge in [-0.2, -0.15) is 5.10 Å². The second-order valence-corrected chi connectivity index (χ2v) is 7.85. The molecule has 156 valence electrons. The van der Waals surface area contributed by atoms with Crippen LogP contribution in [-0.2, 0) is 4.79 Å². The minimum Gasteiger partial charge on any atom is -0.332 e. The number of nitrogens with one attached hydrogen (secondary N) is 1. The molecule has 7 nitrogen and oxygen atoms in total. The van der Waals surface area contributed by atoms with Crippen LogP contribution >= 0.6 is 23.2 Å². The average Bonchev–Trinajstić information content (AvgIpc) is 3.16. The zero-order valence-corrected chi connectivity index (χ0v) is 18.3. The zero-order chi connectivity index (χ0) is 21.8. The van der Waals surface area contributed by atoms with E-state index in [-0.39, 0.29) is 24.3 Å². The molecule has 0 fully saturated rings. The van der Waals surface area contributed by atoms with Gasteiger partial charge in [0.1, 0.15) is 0 Å². The van der Waals surface area contributed by atoms with E-state index in [1.807, 2.05) is 32.0 Å². The third kappa shape index (κ3) is 4.80. The molecular weight excluding hydrogens is 425 g/mol. The first-order valence-electron chi connectivity index (χ1n) is 9.27. The van der Waals surface area contributed by atoms with Crippen molar-refractivity contribution in [3.05, 3.63) is 70.1 Å².